The van der Waals surface area contributed by atoms with Gasteiger partial charge in [0.1, 0.15) is 11.5 Å². The third-order valence-corrected chi connectivity index (χ3v) is 6.56. The van der Waals surface area contributed by atoms with E-state index in [1.54, 1.807) is 14.2 Å². The zero-order valence-electron chi connectivity index (χ0n) is 21.2. The van der Waals surface area contributed by atoms with Gasteiger partial charge in [0.2, 0.25) is 0 Å². The van der Waals surface area contributed by atoms with Crippen molar-refractivity contribution in [2.75, 3.05) is 37.7 Å². The number of anilines is 2. The Hall–Kier alpha value is -1.14. The second-order valence-electron chi connectivity index (χ2n) is 9.69. The molecule has 6 nitrogen and oxygen atoms in total. The predicted molar refractivity (Wildman–Crippen MR) is 161 cm³/mol. The average Bonchev–Trinajstić information content (AvgIpc) is 2.70. The molecule has 2 aromatic carbocycles. The van der Waals surface area contributed by atoms with Crippen LogP contribution in [-0.2, 0) is 10.8 Å². The molecule has 0 spiro atoms. The fourth-order valence-electron chi connectivity index (χ4n) is 3.15. The lowest BCUT2D eigenvalue weighted by molar-refractivity contribution is 0.252. The summed E-state index contributed by atoms with van der Waals surface area (Å²) >= 11 is 9.99. The zero-order valence-corrected chi connectivity index (χ0v) is 26.2. The number of methoxy groups -OCH3 is 2. The lowest BCUT2D eigenvalue weighted by atomic mass is 9.86. The normalized spacial score (nSPS) is 11.3. The van der Waals surface area contributed by atoms with Gasteiger partial charge in [0.25, 0.3) is 0 Å². The van der Waals surface area contributed by atoms with Crippen molar-refractivity contribution in [3.05, 3.63) is 42.5 Å². The largest absolute Gasteiger partial charge is 0.495 e. The molecular formula is C25H36ClI2N3O3. The number of nitrogens with two attached hydrogens (primary N) is 1. The second kappa shape index (κ2) is 13.2. The molecular weight excluding hydrogens is 680 g/mol. The number of nitrogen functional groups attached to an aromatic ring is 1. The van der Waals surface area contributed by atoms with Crippen LogP contribution in [0.1, 0.15) is 52.7 Å². The molecule has 0 atom stereocenters. The number of hydrogen-bond acceptors (Lipinski definition) is 4. The average molecular weight is 716 g/mol. The molecule has 0 aliphatic heterocycles. The van der Waals surface area contributed by atoms with E-state index in [4.69, 9.17) is 26.8 Å². The van der Waals surface area contributed by atoms with Gasteiger partial charge in [0.05, 0.1) is 21.4 Å². The Balaban J connectivity index is 0.000000362. The fourth-order valence-corrected chi connectivity index (χ4v) is 4.96. The first-order chi connectivity index (χ1) is 15.6. The molecule has 0 heterocycles. The van der Waals surface area contributed by atoms with Crippen LogP contribution < -0.4 is 25.8 Å². The van der Waals surface area contributed by atoms with E-state index in [9.17, 15) is 4.79 Å². The zero-order chi connectivity index (χ0) is 26.3. The molecule has 0 unspecified atom stereocenters. The van der Waals surface area contributed by atoms with E-state index in [1.807, 2.05) is 24.3 Å². The highest BCUT2D eigenvalue weighted by atomic mass is 127. The standard InChI is InChI=1S/C14H20ClIN2O2.C11H16INO/c1-14(2,3)10-7-9(8-11(16)12(10)20-4)18-13(19)17-6-5-15;1-11(2,3)8-5-7(13)6-9(12)10(8)14-4/h7-8H,5-6H2,1-4H3,(H2,17,18,19);5-6H,13H2,1-4H3. The van der Waals surface area contributed by atoms with Gasteiger partial charge in [-0.2, -0.15) is 0 Å². The van der Waals surface area contributed by atoms with Crippen molar-refractivity contribution in [3.63, 3.8) is 0 Å². The van der Waals surface area contributed by atoms with Crippen molar-refractivity contribution in [1.82, 2.24) is 5.32 Å². The number of rotatable bonds is 5. The Labute approximate surface area is 236 Å². The molecule has 0 fully saturated rings. The van der Waals surface area contributed by atoms with Gasteiger partial charge < -0.3 is 25.8 Å². The number of benzene rings is 2. The lowest BCUT2D eigenvalue weighted by Gasteiger charge is -2.24. The molecule has 2 aromatic rings. The fraction of sp³-hybridized carbons (Fsp3) is 0.480. The number of ether oxygens (including phenoxy) is 2. The molecule has 0 aliphatic carbocycles. The maximum Gasteiger partial charge on any atom is 0.319 e. The van der Waals surface area contributed by atoms with Crippen LogP contribution in [0.5, 0.6) is 11.5 Å². The summed E-state index contributed by atoms with van der Waals surface area (Å²) in [7, 11) is 3.36. The summed E-state index contributed by atoms with van der Waals surface area (Å²) in [5.41, 5.74) is 9.55. The van der Waals surface area contributed by atoms with Crippen LogP contribution in [0.15, 0.2) is 24.3 Å². The minimum absolute atomic E-state index is 0.0562. The van der Waals surface area contributed by atoms with E-state index in [0.29, 0.717) is 12.4 Å². The van der Waals surface area contributed by atoms with Crippen molar-refractivity contribution in [2.24, 2.45) is 0 Å². The molecule has 0 radical (unpaired) electrons. The van der Waals surface area contributed by atoms with Gasteiger partial charge in [-0.3, -0.25) is 0 Å². The molecule has 2 amide bonds. The lowest BCUT2D eigenvalue weighted by Crippen LogP contribution is -2.30. The quantitative estimate of drug-likeness (QED) is 0.175. The van der Waals surface area contributed by atoms with Gasteiger partial charge in [-0.15, -0.1) is 11.6 Å². The van der Waals surface area contributed by atoms with Gasteiger partial charge in [-0.25, -0.2) is 4.79 Å². The molecule has 0 saturated carbocycles. The van der Waals surface area contributed by atoms with Crippen molar-refractivity contribution in [2.45, 2.75) is 52.4 Å². The number of hydrogen-bond donors (Lipinski definition) is 3. The van der Waals surface area contributed by atoms with E-state index in [-0.39, 0.29) is 16.9 Å². The summed E-state index contributed by atoms with van der Waals surface area (Å²) in [6, 6.07) is 7.48. The van der Waals surface area contributed by atoms with Crippen LogP contribution in [-0.4, -0.2) is 32.7 Å². The maximum atomic E-state index is 11.7. The minimum Gasteiger partial charge on any atom is -0.495 e. The number of halogens is 3. The maximum absolute atomic E-state index is 11.7. The number of amides is 2. The number of urea groups is 1. The monoisotopic (exact) mass is 715 g/mol. The topological polar surface area (TPSA) is 85.6 Å². The van der Waals surface area contributed by atoms with Gasteiger partial charge in [-0.05, 0) is 80.3 Å². The van der Waals surface area contributed by atoms with E-state index >= 15 is 0 Å². The second-order valence-corrected chi connectivity index (χ2v) is 12.4. The Bertz CT molecular complexity index is 987. The first kappa shape index (κ1) is 30.9. The Morgan fingerprint density at radius 1 is 0.912 bits per heavy atom. The first-order valence-electron chi connectivity index (χ1n) is 10.8. The van der Waals surface area contributed by atoms with E-state index < -0.39 is 0 Å². The third kappa shape index (κ3) is 9.14. The minimum atomic E-state index is -0.258. The van der Waals surface area contributed by atoms with Crippen LogP contribution in [0.2, 0.25) is 0 Å². The van der Waals surface area contributed by atoms with Gasteiger partial charge in [0.15, 0.2) is 0 Å². The van der Waals surface area contributed by atoms with Crippen LogP contribution in [0.3, 0.4) is 0 Å². The Morgan fingerprint density at radius 3 is 1.82 bits per heavy atom. The molecule has 190 valence electrons. The number of carbonyl (C=O) groups excluding carboxylic acids is 1. The molecule has 4 N–H and O–H groups in total. The SMILES string of the molecule is COc1c(I)cc(N)cc1C(C)(C)C.COc1c(I)cc(NC(=O)NCCCl)cc1C(C)(C)C. The highest BCUT2D eigenvalue weighted by Crippen LogP contribution is 2.38. The van der Waals surface area contributed by atoms with E-state index in [2.05, 4.69) is 97.4 Å². The molecule has 9 heteroatoms. The molecule has 0 aromatic heterocycles. The van der Waals surface area contributed by atoms with Gasteiger partial charge >= 0.3 is 6.03 Å². The van der Waals surface area contributed by atoms with Crippen molar-refractivity contribution in [1.29, 1.82) is 0 Å². The van der Waals surface area contributed by atoms with Crippen molar-refractivity contribution in [3.8, 4) is 11.5 Å². The van der Waals surface area contributed by atoms with Crippen molar-refractivity contribution < 1.29 is 14.3 Å². The van der Waals surface area contributed by atoms with Gasteiger partial charge in [0, 0.05) is 34.9 Å². The summed E-state index contributed by atoms with van der Waals surface area (Å²) in [6.45, 7) is 13.2. The highest BCUT2D eigenvalue weighted by molar-refractivity contribution is 14.1. The molecule has 34 heavy (non-hydrogen) atoms. The van der Waals surface area contributed by atoms with Crippen LogP contribution in [0.25, 0.3) is 0 Å². The van der Waals surface area contributed by atoms with Crippen LogP contribution >= 0.6 is 56.8 Å². The smallest absolute Gasteiger partial charge is 0.319 e. The summed E-state index contributed by atoms with van der Waals surface area (Å²) < 4.78 is 12.9. The molecule has 2 rings (SSSR count). The number of carbonyl (C=O) groups is 1. The van der Waals surface area contributed by atoms with Crippen LogP contribution in [0, 0.1) is 7.14 Å². The van der Waals surface area contributed by atoms with E-state index in [1.165, 1.54) is 0 Å². The summed E-state index contributed by atoms with van der Waals surface area (Å²) in [6.07, 6.45) is 0. The third-order valence-electron chi connectivity index (χ3n) is 4.77. The first-order valence-corrected chi connectivity index (χ1v) is 13.5. The summed E-state index contributed by atoms with van der Waals surface area (Å²) in [5.74, 6) is 2.18. The summed E-state index contributed by atoms with van der Waals surface area (Å²) in [4.78, 5) is 11.7. The Morgan fingerprint density at radius 2 is 1.38 bits per heavy atom. The number of alkyl halides is 1. The predicted octanol–water partition coefficient (Wildman–Crippen LogP) is 7.14. The Kier molecular flexibility index (Phi) is 12.0. The molecule has 0 saturated heterocycles. The molecule has 0 bridgehead atoms. The molecule has 0 aliphatic rings. The van der Waals surface area contributed by atoms with E-state index in [0.717, 1.165) is 41.1 Å². The van der Waals surface area contributed by atoms with Gasteiger partial charge in [-0.1, -0.05) is 41.5 Å². The summed E-state index contributed by atoms with van der Waals surface area (Å²) in [5, 5.41) is 5.48. The number of nitrogens with one attached hydrogen (secondary N) is 2. The highest BCUT2D eigenvalue weighted by Gasteiger charge is 2.22. The van der Waals surface area contributed by atoms with Crippen LogP contribution in [0.4, 0.5) is 16.2 Å². The van der Waals surface area contributed by atoms with Crippen molar-refractivity contribution >= 4 is 74.2 Å².